The summed E-state index contributed by atoms with van der Waals surface area (Å²) in [7, 11) is 1.41. The number of carbonyl (C=O) groups excluding carboxylic acids is 1. The van der Waals surface area contributed by atoms with Crippen molar-refractivity contribution in [1.82, 2.24) is 4.98 Å². The van der Waals surface area contributed by atoms with Crippen molar-refractivity contribution in [2.45, 2.75) is 38.2 Å². The largest absolute Gasteiger partial charge is 0.465 e. The van der Waals surface area contributed by atoms with Crippen LogP contribution in [0.5, 0.6) is 0 Å². The zero-order chi connectivity index (χ0) is 17.4. The van der Waals surface area contributed by atoms with Crippen LogP contribution in [0.4, 0.5) is 5.69 Å². The molecular formula is C19H22N2O3S. The molecule has 0 amide bonds. The third kappa shape index (κ3) is 3.04. The van der Waals surface area contributed by atoms with Gasteiger partial charge in [0.2, 0.25) is 0 Å². The van der Waals surface area contributed by atoms with Gasteiger partial charge >= 0.3 is 5.97 Å². The van der Waals surface area contributed by atoms with Gasteiger partial charge in [-0.15, -0.1) is 11.3 Å². The van der Waals surface area contributed by atoms with Gasteiger partial charge in [0.25, 0.3) is 0 Å². The van der Waals surface area contributed by atoms with Gasteiger partial charge in [-0.3, -0.25) is 0 Å². The number of fused-ring (bicyclic) bond motifs is 1. The first-order valence-corrected chi connectivity index (χ1v) is 9.64. The average molecular weight is 358 g/mol. The second kappa shape index (κ2) is 6.77. The summed E-state index contributed by atoms with van der Waals surface area (Å²) >= 11 is 1.49. The van der Waals surface area contributed by atoms with Crippen molar-refractivity contribution in [3.05, 3.63) is 34.3 Å². The minimum Gasteiger partial charge on any atom is -0.465 e. The van der Waals surface area contributed by atoms with Crippen LogP contribution in [0.3, 0.4) is 0 Å². The number of esters is 1. The molecule has 1 fully saturated rings. The molecule has 1 unspecified atom stereocenters. The fourth-order valence-electron chi connectivity index (χ4n) is 3.68. The van der Waals surface area contributed by atoms with E-state index in [1.54, 1.807) is 0 Å². The summed E-state index contributed by atoms with van der Waals surface area (Å²) < 4.78 is 5.01. The van der Waals surface area contributed by atoms with Crippen LogP contribution in [0.2, 0.25) is 0 Å². The Morgan fingerprint density at radius 2 is 2.12 bits per heavy atom. The van der Waals surface area contributed by atoms with E-state index in [9.17, 15) is 9.90 Å². The molecule has 2 aromatic rings. The third-order valence-corrected chi connectivity index (χ3v) is 6.26. The number of aliphatic hydroxyl groups excluding tert-OH is 1. The lowest BCUT2D eigenvalue weighted by Crippen LogP contribution is -2.18. The molecule has 0 bridgehead atoms. The normalized spacial score (nSPS) is 19.8. The first-order valence-electron chi connectivity index (χ1n) is 8.82. The van der Waals surface area contributed by atoms with Crippen LogP contribution >= 0.6 is 11.3 Å². The van der Waals surface area contributed by atoms with E-state index in [4.69, 9.17) is 9.72 Å². The summed E-state index contributed by atoms with van der Waals surface area (Å²) in [5.41, 5.74) is 3.37. The van der Waals surface area contributed by atoms with Gasteiger partial charge in [-0.1, -0.05) is 0 Å². The molecule has 1 aliphatic carbocycles. The number of carbonyl (C=O) groups is 1. The summed E-state index contributed by atoms with van der Waals surface area (Å²) in [5, 5.41) is 11.0. The number of thiazole rings is 1. The SMILES string of the molecule is COC(=O)c1cc(N2CCCC2)ccc1-c1nc2c(s1)C(O)CCC2. The average Bonchev–Trinajstić information content (AvgIpc) is 3.31. The van der Waals surface area contributed by atoms with E-state index in [0.717, 1.165) is 59.2 Å². The lowest BCUT2D eigenvalue weighted by Gasteiger charge is -2.19. The first-order chi connectivity index (χ1) is 12.2. The molecular weight excluding hydrogens is 336 g/mol. The van der Waals surface area contributed by atoms with Gasteiger partial charge in [-0.25, -0.2) is 9.78 Å². The summed E-state index contributed by atoms with van der Waals surface area (Å²) in [5.74, 6) is -0.343. The molecule has 25 heavy (non-hydrogen) atoms. The lowest BCUT2D eigenvalue weighted by atomic mass is 10.0. The lowest BCUT2D eigenvalue weighted by molar-refractivity contribution is 0.0601. The summed E-state index contributed by atoms with van der Waals surface area (Å²) in [6.07, 6.45) is 4.57. The van der Waals surface area contributed by atoms with E-state index in [1.807, 2.05) is 12.1 Å². The highest BCUT2D eigenvalue weighted by Gasteiger charge is 2.26. The summed E-state index contributed by atoms with van der Waals surface area (Å²) in [4.78, 5) is 20.3. The number of benzene rings is 1. The van der Waals surface area contributed by atoms with Gasteiger partial charge < -0.3 is 14.7 Å². The monoisotopic (exact) mass is 358 g/mol. The number of rotatable bonds is 3. The molecule has 2 heterocycles. The number of anilines is 1. The zero-order valence-corrected chi connectivity index (χ0v) is 15.1. The fraction of sp³-hybridized carbons (Fsp3) is 0.474. The number of ether oxygens (including phenoxy) is 1. The van der Waals surface area contributed by atoms with Gasteiger partial charge in [-0.2, -0.15) is 0 Å². The fourth-order valence-corrected chi connectivity index (χ4v) is 4.85. The van der Waals surface area contributed by atoms with E-state index >= 15 is 0 Å². The highest BCUT2D eigenvalue weighted by Crippen LogP contribution is 2.39. The Hall–Kier alpha value is -1.92. The van der Waals surface area contributed by atoms with Gasteiger partial charge in [-0.05, 0) is 50.3 Å². The molecule has 1 aromatic carbocycles. The van der Waals surface area contributed by atoms with Gasteiger partial charge in [0.15, 0.2) is 0 Å². The molecule has 1 saturated heterocycles. The number of aryl methyl sites for hydroxylation is 1. The maximum absolute atomic E-state index is 12.4. The molecule has 1 atom stereocenters. The predicted molar refractivity (Wildman–Crippen MR) is 98.2 cm³/mol. The van der Waals surface area contributed by atoms with Crippen molar-refractivity contribution in [2.75, 3.05) is 25.1 Å². The van der Waals surface area contributed by atoms with E-state index in [1.165, 1.54) is 31.3 Å². The molecule has 1 aromatic heterocycles. The van der Waals surface area contributed by atoms with E-state index in [-0.39, 0.29) is 5.97 Å². The van der Waals surface area contributed by atoms with Crippen LogP contribution in [0.25, 0.3) is 10.6 Å². The first kappa shape index (κ1) is 16.5. The minimum atomic E-state index is -0.430. The molecule has 5 nitrogen and oxygen atoms in total. The highest BCUT2D eigenvalue weighted by atomic mass is 32.1. The Balaban J connectivity index is 1.77. The second-order valence-corrected chi connectivity index (χ2v) is 7.68. The molecule has 2 aliphatic rings. The van der Waals surface area contributed by atoms with E-state index < -0.39 is 6.10 Å². The van der Waals surface area contributed by atoms with Crippen molar-refractivity contribution >= 4 is 23.0 Å². The highest BCUT2D eigenvalue weighted by molar-refractivity contribution is 7.15. The van der Waals surface area contributed by atoms with Crippen LogP contribution in [0, 0.1) is 0 Å². The number of nitrogens with zero attached hydrogens (tertiary/aromatic N) is 2. The molecule has 0 saturated carbocycles. The van der Waals surface area contributed by atoms with Crippen molar-refractivity contribution in [2.24, 2.45) is 0 Å². The second-order valence-electron chi connectivity index (χ2n) is 6.65. The molecule has 1 aliphatic heterocycles. The Morgan fingerprint density at radius 3 is 2.84 bits per heavy atom. The topological polar surface area (TPSA) is 62.7 Å². The molecule has 0 spiro atoms. The minimum absolute atomic E-state index is 0.343. The van der Waals surface area contributed by atoms with E-state index in [2.05, 4.69) is 11.0 Å². The number of hydrogen-bond acceptors (Lipinski definition) is 6. The smallest absolute Gasteiger partial charge is 0.338 e. The number of aliphatic hydroxyl groups is 1. The van der Waals surface area contributed by atoms with Crippen LogP contribution < -0.4 is 4.90 Å². The zero-order valence-electron chi connectivity index (χ0n) is 14.3. The summed E-state index contributed by atoms with van der Waals surface area (Å²) in [6, 6.07) is 5.95. The quantitative estimate of drug-likeness (QED) is 0.850. The van der Waals surface area contributed by atoms with Gasteiger partial charge in [0, 0.05) is 24.3 Å². The Morgan fingerprint density at radius 1 is 1.32 bits per heavy atom. The molecule has 6 heteroatoms. The van der Waals surface area contributed by atoms with E-state index in [0.29, 0.717) is 5.56 Å². The third-order valence-electron chi connectivity index (χ3n) is 5.03. The maximum atomic E-state index is 12.4. The van der Waals surface area contributed by atoms with Crippen molar-refractivity contribution < 1.29 is 14.6 Å². The van der Waals surface area contributed by atoms with Crippen molar-refractivity contribution in [3.8, 4) is 10.6 Å². The molecule has 4 rings (SSSR count). The Bertz CT molecular complexity index is 796. The van der Waals surface area contributed by atoms with Crippen molar-refractivity contribution in [3.63, 3.8) is 0 Å². The Kier molecular flexibility index (Phi) is 4.48. The van der Waals surface area contributed by atoms with Gasteiger partial charge in [0.05, 0.1) is 29.3 Å². The van der Waals surface area contributed by atoms with Crippen LogP contribution in [-0.2, 0) is 11.2 Å². The molecule has 0 radical (unpaired) electrons. The predicted octanol–water partition coefficient (Wildman–Crippen LogP) is 3.57. The summed E-state index contributed by atoms with van der Waals surface area (Å²) in [6.45, 7) is 2.05. The number of methoxy groups -OCH3 is 1. The standard InChI is InChI=1S/C19H22N2O3S/c1-24-19(23)14-11-12(21-9-2-3-10-21)7-8-13(14)18-20-15-5-4-6-16(22)17(15)25-18/h7-8,11,16,22H,2-6,9-10H2,1H3. The number of aromatic nitrogens is 1. The molecule has 132 valence electrons. The maximum Gasteiger partial charge on any atom is 0.338 e. The van der Waals surface area contributed by atoms with Gasteiger partial charge in [0.1, 0.15) is 5.01 Å². The molecule has 1 N–H and O–H groups in total. The van der Waals surface area contributed by atoms with Crippen molar-refractivity contribution in [1.29, 1.82) is 0 Å². The van der Waals surface area contributed by atoms with Crippen LogP contribution in [0.1, 0.15) is 52.7 Å². The number of hydrogen-bond donors (Lipinski definition) is 1. The van der Waals surface area contributed by atoms with Crippen LogP contribution in [0.15, 0.2) is 18.2 Å². The van der Waals surface area contributed by atoms with Crippen LogP contribution in [-0.4, -0.2) is 36.3 Å². The Labute approximate surface area is 151 Å².